The topological polar surface area (TPSA) is 121 Å². The molecule has 1 amide bonds. The zero-order valence-corrected chi connectivity index (χ0v) is 17.5. The first-order valence-electron chi connectivity index (χ1n) is 9.63. The molecule has 0 saturated carbocycles. The maximum atomic E-state index is 12.4. The number of hydrogen-bond donors (Lipinski definition) is 2. The maximum Gasteiger partial charge on any atom is 0.306 e. The molecule has 0 radical (unpaired) electrons. The number of nitriles is 1. The Labute approximate surface area is 174 Å². The monoisotopic (exact) mass is 411 g/mol. The molecular formula is C22H25N3O5. The summed E-state index contributed by atoms with van der Waals surface area (Å²) >= 11 is 0. The second kappa shape index (κ2) is 10.3. The summed E-state index contributed by atoms with van der Waals surface area (Å²) in [4.78, 5) is 39.0. The summed E-state index contributed by atoms with van der Waals surface area (Å²) in [5, 5.41) is 11.8. The normalized spacial score (nSPS) is 11.3. The quantitative estimate of drug-likeness (QED) is 0.644. The molecule has 1 aromatic carbocycles. The van der Waals surface area contributed by atoms with E-state index < -0.39 is 23.5 Å². The first-order chi connectivity index (χ1) is 14.3. The molecule has 8 nitrogen and oxygen atoms in total. The lowest BCUT2D eigenvalue weighted by Gasteiger charge is -2.16. The van der Waals surface area contributed by atoms with Gasteiger partial charge in [0, 0.05) is 12.1 Å². The van der Waals surface area contributed by atoms with E-state index in [-0.39, 0.29) is 18.4 Å². The highest BCUT2D eigenvalue weighted by Gasteiger charge is 2.20. The Balaban J connectivity index is 1.98. The summed E-state index contributed by atoms with van der Waals surface area (Å²) in [6.07, 6.45) is -0.713. The Hall–Kier alpha value is -3.60. The van der Waals surface area contributed by atoms with Crippen LogP contribution in [0.5, 0.6) is 5.75 Å². The van der Waals surface area contributed by atoms with E-state index in [0.717, 1.165) is 0 Å². The highest BCUT2D eigenvalue weighted by atomic mass is 16.5. The molecule has 1 heterocycles. The second-order valence-corrected chi connectivity index (χ2v) is 6.72. The van der Waals surface area contributed by atoms with Crippen LogP contribution < -0.4 is 15.6 Å². The Kier molecular flexibility index (Phi) is 7.76. The molecule has 8 heteroatoms. The largest absolute Gasteiger partial charge is 0.492 e. The van der Waals surface area contributed by atoms with Crippen LogP contribution in [-0.4, -0.2) is 29.6 Å². The summed E-state index contributed by atoms with van der Waals surface area (Å²) in [7, 11) is 0. The zero-order valence-electron chi connectivity index (χ0n) is 17.5. The number of hydrogen-bond acceptors (Lipinski definition) is 6. The van der Waals surface area contributed by atoms with Gasteiger partial charge in [0.1, 0.15) is 17.4 Å². The minimum absolute atomic E-state index is 0.00570. The molecule has 0 bridgehead atoms. The van der Waals surface area contributed by atoms with Crippen LogP contribution >= 0.6 is 0 Å². The number of aryl methyl sites for hydroxylation is 1. The van der Waals surface area contributed by atoms with Crippen molar-refractivity contribution in [3.05, 3.63) is 57.0 Å². The van der Waals surface area contributed by atoms with Crippen molar-refractivity contribution in [2.75, 3.05) is 11.9 Å². The first kappa shape index (κ1) is 22.7. The number of carbonyl (C=O) groups excluding carboxylic acids is 2. The average Bonchev–Trinajstić information content (AvgIpc) is 2.69. The van der Waals surface area contributed by atoms with Crippen LogP contribution in [0.1, 0.15) is 42.7 Å². The standard InChI is InChI=1S/C22H25N3O5/c1-5-29-19-9-7-6-8-18(19)25-21(27)15(4)30-20(26)11-10-16-13(2)17(12-23)22(28)24-14(16)3/h6-9,15H,5,10-11H2,1-4H3,(H,24,28)(H,25,27)/t15-/m1/s1. The molecule has 0 spiro atoms. The zero-order chi connectivity index (χ0) is 22.3. The van der Waals surface area contributed by atoms with Crippen molar-refractivity contribution in [3.63, 3.8) is 0 Å². The Morgan fingerprint density at radius 1 is 1.27 bits per heavy atom. The molecule has 0 aliphatic heterocycles. The van der Waals surface area contributed by atoms with Gasteiger partial charge in [-0.05, 0) is 57.4 Å². The number of ether oxygens (including phenoxy) is 2. The van der Waals surface area contributed by atoms with Gasteiger partial charge in [0.15, 0.2) is 6.10 Å². The van der Waals surface area contributed by atoms with Crippen molar-refractivity contribution in [2.24, 2.45) is 0 Å². The number of pyridine rings is 1. The van der Waals surface area contributed by atoms with E-state index in [1.165, 1.54) is 6.92 Å². The molecule has 1 aromatic heterocycles. The minimum Gasteiger partial charge on any atom is -0.492 e. The van der Waals surface area contributed by atoms with E-state index in [4.69, 9.17) is 14.7 Å². The van der Waals surface area contributed by atoms with Crippen molar-refractivity contribution >= 4 is 17.6 Å². The van der Waals surface area contributed by atoms with Gasteiger partial charge in [-0.1, -0.05) is 12.1 Å². The van der Waals surface area contributed by atoms with Crippen molar-refractivity contribution in [1.82, 2.24) is 4.98 Å². The molecule has 1 atom stereocenters. The van der Waals surface area contributed by atoms with Crippen LogP contribution in [0.3, 0.4) is 0 Å². The minimum atomic E-state index is -1.00. The first-order valence-corrected chi connectivity index (χ1v) is 9.63. The van der Waals surface area contributed by atoms with Gasteiger partial charge in [0.05, 0.1) is 12.3 Å². The summed E-state index contributed by atoms with van der Waals surface area (Å²) in [5.74, 6) is -0.498. The Morgan fingerprint density at radius 3 is 2.63 bits per heavy atom. The van der Waals surface area contributed by atoms with Gasteiger partial charge < -0.3 is 19.8 Å². The molecule has 0 unspecified atom stereocenters. The molecule has 158 valence electrons. The smallest absolute Gasteiger partial charge is 0.306 e. The van der Waals surface area contributed by atoms with Crippen molar-refractivity contribution in [1.29, 1.82) is 5.26 Å². The van der Waals surface area contributed by atoms with Crippen LogP contribution in [0, 0.1) is 25.2 Å². The third-order valence-electron chi connectivity index (χ3n) is 4.62. The van der Waals surface area contributed by atoms with E-state index in [9.17, 15) is 14.4 Å². The van der Waals surface area contributed by atoms with Crippen LogP contribution in [-0.2, 0) is 20.7 Å². The molecule has 0 fully saturated rings. The van der Waals surface area contributed by atoms with E-state index in [1.54, 1.807) is 38.1 Å². The number of rotatable bonds is 8. The predicted octanol–water partition coefficient (Wildman–Crippen LogP) is 2.77. The van der Waals surface area contributed by atoms with Crippen LogP contribution in [0.15, 0.2) is 29.1 Å². The lowest BCUT2D eigenvalue weighted by Crippen LogP contribution is -2.30. The number of aromatic amines is 1. The molecule has 30 heavy (non-hydrogen) atoms. The number of aromatic nitrogens is 1. The molecule has 0 aliphatic carbocycles. The SMILES string of the molecule is CCOc1ccccc1NC(=O)[C@@H](C)OC(=O)CCc1c(C)[nH]c(=O)c(C#N)c1C. The molecule has 2 aromatic rings. The highest BCUT2D eigenvalue weighted by molar-refractivity contribution is 5.96. The van der Waals surface area contributed by atoms with Gasteiger partial charge in [-0.2, -0.15) is 5.26 Å². The van der Waals surface area contributed by atoms with Gasteiger partial charge in [-0.25, -0.2) is 0 Å². The number of nitrogens with zero attached hydrogens (tertiary/aromatic N) is 1. The predicted molar refractivity (Wildman–Crippen MR) is 111 cm³/mol. The van der Waals surface area contributed by atoms with Gasteiger partial charge in [-0.3, -0.25) is 14.4 Å². The van der Waals surface area contributed by atoms with Crippen molar-refractivity contribution in [3.8, 4) is 11.8 Å². The van der Waals surface area contributed by atoms with Crippen molar-refractivity contribution in [2.45, 2.75) is 46.6 Å². The second-order valence-electron chi connectivity index (χ2n) is 6.72. The lowest BCUT2D eigenvalue weighted by atomic mass is 9.99. The van der Waals surface area contributed by atoms with Crippen LogP contribution in [0.4, 0.5) is 5.69 Å². The van der Waals surface area contributed by atoms with Gasteiger partial charge in [0.2, 0.25) is 0 Å². The van der Waals surface area contributed by atoms with Crippen LogP contribution in [0.2, 0.25) is 0 Å². The fourth-order valence-corrected chi connectivity index (χ4v) is 3.04. The van der Waals surface area contributed by atoms with Crippen molar-refractivity contribution < 1.29 is 19.1 Å². The maximum absolute atomic E-state index is 12.4. The van der Waals surface area contributed by atoms with Gasteiger partial charge in [0.25, 0.3) is 11.5 Å². The fourth-order valence-electron chi connectivity index (χ4n) is 3.04. The van der Waals surface area contributed by atoms with E-state index in [0.29, 0.717) is 34.9 Å². The van der Waals surface area contributed by atoms with E-state index >= 15 is 0 Å². The number of para-hydroxylation sites is 2. The number of benzene rings is 1. The number of carbonyl (C=O) groups is 2. The molecule has 0 saturated heterocycles. The third kappa shape index (κ3) is 5.47. The third-order valence-corrected chi connectivity index (χ3v) is 4.62. The summed E-state index contributed by atoms with van der Waals surface area (Å²) < 4.78 is 10.7. The molecule has 0 aliphatic rings. The Morgan fingerprint density at radius 2 is 1.97 bits per heavy atom. The van der Waals surface area contributed by atoms with E-state index in [2.05, 4.69) is 10.3 Å². The lowest BCUT2D eigenvalue weighted by molar-refractivity contribution is -0.153. The average molecular weight is 411 g/mol. The van der Waals surface area contributed by atoms with Gasteiger partial charge in [-0.15, -0.1) is 0 Å². The Bertz CT molecular complexity index is 1040. The molecule has 2 N–H and O–H groups in total. The number of nitrogens with one attached hydrogen (secondary N) is 2. The van der Waals surface area contributed by atoms with E-state index in [1.807, 2.05) is 13.0 Å². The summed E-state index contributed by atoms with van der Waals surface area (Å²) in [6, 6.07) is 8.87. The molecular weight excluding hydrogens is 386 g/mol. The number of amides is 1. The van der Waals surface area contributed by atoms with Gasteiger partial charge >= 0.3 is 5.97 Å². The fraction of sp³-hybridized carbons (Fsp3) is 0.364. The summed E-state index contributed by atoms with van der Waals surface area (Å²) in [5.41, 5.74) is 1.94. The number of esters is 1. The number of H-pyrrole nitrogens is 1. The van der Waals surface area contributed by atoms with Crippen LogP contribution in [0.25, 0.3) is 0 Å². The molecule has 2 rings (SSSR count). The highest BCUT2D eigenvalue weighted by Crippen LogP contribution is 2.24. The number of anilines is 1. The summed E-state index contributed by atoms with van der Waals surface area (Å²) in [6.45, 7) is 7.17.